The van der Waals surface area contributed by atoms with Crippen LogP contribution in [0.2, 0.25) is 0 Å². The summed E-state index contributed by atoms with van der Waals surface area (Å²) in [4.78, 5) is 0.0739. The van der Waals surface area contributed by atoms with E-state index in [0.29, 0.717) is 22.3 Å². The summed E-state index contributed by atoms with van der Waals surface area (Å²) in [7, 11) is -2.80. The molecule has 6 nitrogen and oxygen atoms in total. The Bertz CT molecular complexity index is 1910. The smallest absolute Gasteiger partial charge is 0.449 e. The second kappa shape index (κ2) is 12.5. The molecule has 0 radical (unpaired) electrons. The number of hydrogen-bond donors (Lipinski definition) is 1. The zero-order valence-corrected chi connectivity index (χ0v) is 25.3. The van der Waals surface area contributed by atoms with Gasteiger partial charge in [0.2, 0.25) is 15.8 Å². The Kier molecular flexibility index (Phi) is 8.88. The number of aliphatic hydroxyl groups is 1. The molecule has 0 saturated heterocycles. The van der Waals surface area contributed by atoms with E-state index < -0.39 is 28.5 Å². The van der Waals surface area contributed by atoms with Crippen LogP contribution < -0.4 is 4.74 Å². The number of hydrogen-bond acceptors (Lipinski definition) is 5. The van der Waals surface area contributed by atoms with E-state index in [1.54, 1.807) is 49.4 Å². The van der Waals surface area contributed by atoms with Crippen LogP contribution in [-0.4, -0.2) is 24.9 Å². The van der Waals surface area contributed by atoms with E-state index in [1.165, 1.54) is 7.11 Å². The lowest BCUT2D eigenvalue weighted by molar-refractivity contribution is -0.153. The molecule has 5 rings (SSSR count). The standard InChI is InChI=1S/C34H32F3NO5S/c1-4-23-17-25(12-14-28(23)21-39)26-11-13-27(31(18-26)42-3)19-38(20-29-15-16-32(43-29)34(35,36)37)44(40,41)33-22(2)9-10-24-7-5-6-8-30(24)33/h5-18,39H,4,19-21H2,1-3H3. The third-order valence-corrected chi connectivity index (χ3v) is 9.67. The van der Waals surface area contributed by atoms with Gasteiger partial charge in [0.05, 0.1) is 25.2 Å². The van der Waals surface area contributed by atoms with Crippen molar-refractivity contribution in [2.75, 3.05) is 7.11 Å². The van der Waals surface area contributed by atoms with Crippen molar-refractivity contribution in [1.82, 2.24) is 4.31 Å². The number of nitrogens with zero attached hydrogens (tertiary/aromatic N) is 1. The summed E-state index contributed by atoms with van der Waals surface area (Å²) in [5.41, 5.74) is 4.59. The fourth-order valence-electron chi connectivity index (χ4n) is 5.37. The Labute approximate surface area is 254 Å². The zero-order valence-electron chi connectivity index (χ0n) is 24.5. The molecule has 0 aliphatic heterocycles. The van der Waals surface area contributed by atoms with Crippen molar-refractivity contribution in [3.63, 3.8) is 0 Å². The third-order valence-electron chi connectivity index (χ3n) is 7.67. The van der Waals surface area contributed by atoms with E-state index in [2.05, 4.69) is 0 Å². The van der Waals surface area contributed by atoms with Gasteiger partial charge in [-0.3, -0.25) is 0 Å². The van der Waals surface area contributed by atoms with Gasteiger partial charge in [0.1, 0.15) is 11.5 Å². The first-order chi connectivity index (χ1) is 21.0. The van der Waals surface area contributed by atoms with Gasteiger partial charge in [-0.2, -0.15) is 17.5 Å². The summed E-state index contributed by atoms with van der Waals surface area (Å²) in [6, 6.07) is 23.7. The van der Waals surface area contributed by atoms with Crippen molar-refractivity contribution in [3.8, 4) is 16.9 Å². The number of benzene rings is 4. The van der Waals surface area contributed by atoms with Crippen LogP contribution in [0, 0.1) is 6.92 Å². The fourth-order valence-corrected chi connectivity index (χ4v) is 7.18. The maximum atomic E-state index is 14.4. The molecule has 1 aromatic heterocycles. The lowest BCUT2D eigenvalue weighted by Crippen LogP contribution is -2.31. The molecule has 230 valence electrons. The minimum Gasteiger partial charge on any atom is -0.496 e. The van der Waals surface area contributed by atoms with Gasteiger partial charge in [-0.1, -0.05) is 73.7 Å². The summed E-state index contributed by atoms with van der Waals surface area (Å²) < 4.78 is 80.6. The van der Waals surface area contributed by atoms with E-state index in [-0.39, 0.29) is 23.8 Å². The Hall–Kier alpha value is -4.12. The average Bonchev–Trinajstić information content (AvgIpc) is 3.50. The molecule has 0 atom stereocenters. The molecule has 10 heteroatoms. The topological polar surface area (TPSA) is 80.0 Å². The molecule has 0 spiro atoms. The number of fused-ring (bicyclic) bond motifs is 1. The summed E-state index contributed by atoms with van der Waals surface area (Å²) in [5.74, 6) is -0.936. The lowest BCUT2D eigenvalue weighted by Gasteiger charge is -2.24. The number of aliphatic hydroxyl groups excluding tert-OH is 1. The van der Waals surface area contributed by atoms with Gasteiger partial charge in [-0.25, -0.2) is 8.42 Å². The zero-order chi connectivity index (χ0) is 31.6. The van der Waals surface area contributed by atoms with Crippen LogP contribution in [0.3, 0.4) is 0 Å². The Balaban J connectivity index is 1.59. The van der Waals surface area contributed by atoms with Crippen molar-refractivity contribution < 1.29 is 35.8 Å². The van der Waals surface area contributed by atoms with Crippen LogP contribution in [0.15, 0.2) is 94.2 Å². The molecule has 0 amide bonds. The molecule has 5 aromatic rings. The number of alkyl halides is 3. The summed E-state index contributed by atoms with van der Waals surface area (Å²) in [6.07, 6.45) is -3.97. The Morgan fingerprint density at radius 3 is 2.23 bits per heavy atom. The van der Waals surface area contributed by atoms with Gasteiger partial charge in [-0.15, -0.1) is 0 Å². The molecule has 4 aromatic carbocycles. The predicted molar refractivity (Wildman–Crippen MR) is 163 cm³/mol. The minimum atomic E-state index is -4.71. The first-order valence-corrected chi connectivity index (χ1v) is 15.4. The molecule has 0 aliphatic rings. The normalized spacial score (nSPS) is 12.3. The fraction of sp³-hybridized carbons (Fsp3) is 0.235. The highest BCUT2D eigenvalue weighted by atomic mass is 32.2. The Morgan fingerprint density at radius 1 is 0.864 bits per heavy atom. The van der Waals surface area contributed by atoms with E-state index in [4.69, 9.17) is 9.15 Å². The highest BCUT2D eigenvalue weighted by molar-refractivity contribution is 7.89. The molecule has 0 aliphatic carbocycles. The van der Waals surface area contributed by atoms with E-state index >= 15 is 0 Å². The maximum absolute atomic E-state index is 14.4. The highest BCUT2D eigenvalue weighted by Gasteiger charge is 2.36. The van der Waals surface area contributed by atoms with Crippen molar-refractivity contribution >= 4 is 20.8 Å². The number of rotatable bonds is 10. The molecular formula is C34H32F3NO5S. The molecule has 0 bridgehead atoms. The number of sulfonamides is 1. The molecule has 0 unspecified atom stereocenters. The summed E-state index contributed by atoms with van der Waals surface area (Å²) >= 11 is 0. The van der Waals surface area contributed by atoms with Crippen LogP contribution in [0.1, 0.15) is 40.7 Å². The highest BCUT2D eigenvalue weighted by Crippen LogP contribution is 2.36. The van der Waals surface area contributed by atoms with Crippen molar-refractivity contribution in [1.29, 1.82) is 0 Å². The van der Waals surface area contributed by atoms with Crippen molar-refractivity contribution in [2.24, 2.45) is 0 Å². The third kappa shape index (κ3) is 6.24. The quantitative estimate of drug-likeness (QED) is 0.171. The maximum Gasteiger partial charge on any atom is 0.449 e. The SMILES string of the molecule is CCc1cc(-c2ccc(CN(Cc3ccc(C(F)(F)F)o3)S(=O)(=O)c3c(C)ccc4ccccc34)c(OC)c2)ccc1CO. The number of methoxy groups -OCH3 is 1. The summed E-state index contributed by atoms with van der Waals surface area (Å²) in [5, 5.41) is 10.9. The largest absolute Gasteiger partial charge is 0.496 e. The number of ether oxygens (including phenoxy) is 1. The Morgan fingerprint density at radius 2 is 1.57 bits per heavy atom. The second-order valence-corrected chi connectivity index (χ2v) is 12.4. The molecule has 1 heterocycles. The molecule has 44 heavy (non-hydrogen) atoms. The number of halogens is 3. The van der Waals surface area contributed by atoms with Gasteiger partial charge < -0.3 is 14.3 Å². The van der Waals surface area contributed by atoms with Crippen LogP contribution in [0.25, 0.3) is 21.9 Å². The van der Waals surface area contributed by atoms with E-state index in [9.17, 15) is 26.7 Å². The lowest BCUT2D eigenvalue weighted by atomic mass is 9.97. The first kappa shape index (κ1) is 31.3. The van der Waals surface area contributed by atoms with E-state index in [1.807, 2.05) is 37.3 Å². The summed E-state index contributed by atoms with van der Waals surface area (Å²) in [6.45, 7) is 3.00. The minimum absolute atomic E-state index is 0.0632. The van der Waals surface area contributed by atoms with Gasteiger partial charge in [0, 0.05) is 17.5 Å². The van der Waals surface area contributed by atoms with Crippen LogP contribution in [0.4, 0.5) is 13.2 Å². The van der Waals surface area contributed by atoms with Crippen molar-refractivity contribution in [2.45, 2.75) is 51.0 Å². The monoisotopic (exact) mass is 623 g/mol. The molecular weight excluding hydrogens is 591 g/mol. The van der Waals surface area contributed by atoms with Gasteiger partial charge >= 0.3 is 6.18 Å². The van der Waals surface area contributed by atoms with Crippen LogP contribution >= 0.6 is 0 Å². The first-order valence-electron chi connectivity index (χ1n) is 14.0. The van der Waals surface area contributed by atoms with Crippen LogP contribution in [0.5, 0.6) is 5.75 Å². The number of furan rings is 1. The van der Waals surface area contributed by atoms with Gasteiger partial charge in [-0.05, 0) is 64.7 Å². The second-order valence-electron chi connectivity index (χ2n) is 10.5. The van der Waals surface area contributed by atoms with Crippen LogP contribution in [-0.2, 0) is 42.3 Å². The van der Waals surface area contributed by atoms with E-state index in [0.717, 1.165) is 50.5 Å². The number of aryl methyl sites for hydroxylation is 2. The molecule has 0 fully saturated rings. The van der Waals surface area contributed by atoms with Gasteiger partial charge in [0.25, 0.3) is 0 Å². The molecule has 0 saturated carbocycles. The van der Waals surface area contributed by atoms with Gasteiger partial charge in [0.15, 0.2) is 0 Å². The average molecular weight is 624 g/mol. The predicted octanol–water partition coefficient (Wildman–Crippen LogP) is 7.88. The molecule has 1 N–H and O–H groups in total. The van der Waals surface area contributed by atoms with Crippen molar-refractivity contribution in [3.05, 3.63) is 119 Å².